The molecule has 1 aromatic rings. The normalized spacial score (nSPS) is 14.6. The Bertz CT molecular complexity index is 334. The van der Waals surface area contributed by atoms with Gasteiger partial charge in [0.05, 0.1) is 18.0 Å². The van der Waals surface area contributed by atoms with Crippen LogP contribution in [0.4, 0.5) is 0 Å². The van der Waals surface area contributed by atoms with E-state index in [2.05, 4.69) is 6.07 Å². The highest BCUT2D eigenvalue weighted by atomic mass is 14.7. The number of nitrogens with zero attached hydrogens (tertiary/aromatic N) is 1. The standard InChI is InChI=1S/C11H14N2/c1-9-4-3-5-10(8-9)11(2,13)6-7-12/h3-5,8H,6,13H2,1-2H3/t11-/m0/s1. The molecule has 0 aromatic heterocycles. The van der Waals surface area contributed by atoms with Crippen molar-refractivity contribution in [1.29, 1.82) is 5.26 Å². The predicted octanol–water partition coefficient (Wildman–Crippen LogP) is 2.08. The van der Waals surface area contributed by atoms with Crippen LogP contribution in [0.1, 0.15) is 24.5 Å². The molecular formula is C11H14N2. The van der Waals surface area contributed by atoms with E-state index in [0.717, 1.165) is 5.56 Å². The van der Waals surface area contributed by atoms with E-state index >= 15 is 0 Å². The van der Waals surface area contributed by atoms with Crippen molar-refractivity contribution in [3.8, 4) is 6.07 Å². The van der Waals surface area contributed by atoms with E-state index < -0.39 is 5.54 Å². The number of benzene rings is 1. The zero-order chi connectivity index (χ0) is 9.90. The first-order valence-corrected chi connectivity index (χ1v) is 4.29. The van der Waals surface area contributed by atoms with Crippen molar-refractivity contribution in [1.82, 2.24) is 0 Å². The third kappa shape index (κ3) is 2.30. The van der Waals surface area contributed by atoms with E-state index in [-0.39, 0.29) is 0 Å². The average molecular weight is 174 g/mol. The van der Waals surface area contributed by atoms with Gasteiger partial charge in [0.25, 0.3) is 0 Å². The highest BCUT2D eigenvalue weighted by Gasteiger charge is 2.20. The van der Waals surface area contributed by atoms with Gasteiger partial charge in [0.2, 0.25) is 0 Å². The van der Waals surface area contributed by atoms with Gasteiger partial charge >= 0.3 is 0 Å². The minimum absolute atomic E-state index is 0.344. The maximum Gasteiger partial charge on any atom is 0.0644 e. The molecule has 68 valence electrons. The second kappa shape index (κ2) is 3.59. The lowest BCUT2D eigenvalue weighted by molar-refractivity contribution is 0.507. The fraction of sp³-hybridized carbons (Fsp3) is 0.364. The molecule has 1 rings (SSSR count). The quantitative estimate of drug-likeness (QED) is 0.746. The third-order valence-corrected chi connectivity index (χ3v) is 2.12. The summed E-state index contributed by atoms with van der Waals surface area (Å²) in [5.41, 5.74) is 7.66. The molecule has 0 aliphatic rings. The van der Waals surface area contributed by atoms with Crippen molar-refractivity contribution in [2.24, 2.45) is 5.73 Å². The number of hydrogen-bond acceptors (Lipinski definition) is 2. The van der Waals surface area contributed by atoms with Crippen LogP contribution in [-0.4, -0.2) is 0 Å². The Balaban J connectivity index is 3.01. The minimum atomic E-state index is -0.527. The Morgan fingerprint density at radius 1 is 1.54 bits per heavy atom. The minimum Gasteiger partial charge on any atom is -0.321 e. The summed E-state index contributed by atoms with van der Waals surface area (Å²) in [5, 5.41) is 8.60. The van der Waals surface area contributed by atoms with Gasteiger partial charge in [-0.3, -0.25) is 0 Å². The lowest BCUT2D eigenvalue weighted by Crippen LogP contribution is -2.32. The van der Waals surface area contributed by atoms with Gasteiger partial charge in [0, 0.05) is 0 Å². The van der Waals surface area contributed by atoms with Gasteiger partial charge in [-0.2, -0.15) is 5.26 Å². The van der Waals surface area contributed by atoms with Crippen molar-refractivity contribution >= 4 is 0 Å². The number of nitriles is 1. The Hall–Kier alpha value is -1.33. The highest BCUT2D eigenvalue weighted by molar-refractivity contribution is 5.28. The van der Waals surface area contributed by atoms with E-state index in [0.29, 0.717) is 6.42 Å². The first-order valence-electron chi connectivity index (χ1n) is 4.29. The maximum absolute atomic E-state index is 8.60. The topological polar surface area (TPSA) is 49.8 Å². The molecule has 0 heterocycles. The molecule has 0 radical (unpaired) electrons. The van der Waals surface area contributed by atoms with Gasteiger partial charge in [-0.1, -0.05) is 29.8 Å². The summed E-state index contributed by atoms with van der Waals surface area (Å²) >= 11 is 0. The van der Waals surface area contributed by atoms with Crippen LogP contribution in [-0.2, 0) is 5.54 Å². The zero-order valence-electron chi connectivity index (χ0n) is 8.04. The highest BCUT2D eigenvalue weighted by Crippen LogP contribution is 2.21. The Labute approximate surface area is 79.0 Å². The Morgan fingerprint density at radius 3 is 2.77 bits per heavy atom. The fourth-order valence-electron chi connectivity index (χ4n) is 1.27. The summed E-state index contributed by atoms with van der Waals surface area (Å²) < 4.78 is 0. The van der Waals surface area contributed by atoms with E-state index in [9.17, 15) is 0 Å². The van der Waals surface area contributed by atoms with Crippen LogP contribution in [0.3, 0.4) is 0 Å². The van der Waals surface area contributed by atoms with Crippen molar-refractivity contribution in [3.05, 3.63) is 35.4 Å². The molecule has 0 aliphatic heterocycles. The summed E-state index contributed by atoms with van der Waals surface area (Å²) in [4.78, 5) is 0. The number of aryl methyl sites for hydroxylation is 1. The molecule has 1 aromatic carbocycles. The van der Waals surface area contributed by atoms with Gasteiger partial charge in [-0.25, -0.2) is 0 Å². The summed E-state index contributed by atoms with van der Waals surface area (Å²) in [5.74, 6) is 0. The molecule has 1 atom stereocenters. The van der Waals surface area contributed by atoms with Crippen LogP contribution in [0.15, 0.2) is 24.3 Å². The van der Waals surface area contributed by atoms with Crippen molar-refractivity contribution in [2.75, 3.05) is 0 Å². The Kier molecular flexibility index (Phi) is 2.69. The van der Waals surface area contributed by atoms with Crippen molar-refractivity contribution in [2.45, 2.75) is 25.8 Å². The SMILES string of the molecule is Cc1cccc([C@@](C)(N)CC#N)c1. The maximum atomic E-state index is 8.60. The molecule has 0 saturated heterocycles. The average Bonchev–Trinajstić information content (AvgIpc) is 2.04. The third-order valence-electron chi connectivity index (χ3n) is 2.12. The van der Waals surface area contributed by atoms with Crippen molar-refractivity contribution in [3.63, 3.8) is 0 Å². The second-order valence-electron chi connectivity index (χ2n) is 3.62. The molecule has 2 N–H and O–H groups in total. The first-order chi connectivity index (χ1) is 6.06. The largest absolute Gasteiger partial charge is 0.321 e. The van der Waals surface area contributed by atoms with Gasteiger partial charge in [0.1, 0.15) is 0 Å². The molecule has 0 bridgehead atoms. The molecule has 0 fully saturated rings. The van der Waals surface area contributed by atoms with Crippen molar-refractivity contribution < 1.29 is 0 Å². The van der Waals surface area contributed by atoms with Gasteiger partial charge in [-0.15, -0.1) is 0 Å². The summed E-state index contributed by atoms with van der Waals surface area (Å²) in [7, 11) is 0. The van der Waals surface area contributed by atoms with E-state index in [1.807, 2.05) is 38.1 Å². The molecule has 0 saturated carbocycles. The summed E-state index contributed by atoms with van der Waals surface area (Å²) in [6.45, 7) is 3.90. The predicted molar refractivity (Wildman–Crippen MR) is 52.9 cm³/mol. The number of hydrogen-bond donors (Lipinski definition) is 1. The summed E-state index contributed by atoms with van der Waals surface area (Å²) in [6, 6.07) is 10.1. The molecule has 13 heavy (non-hydrogen) atoms. The molecule has 0 spiro atoms. The zero-order valence-corrected chi connectivity index (χ0v) is 8.04. The van der Waals surface area contributed by atoms with Crippen LogP contribution in [0.25, 0.3) is 0 Å². The van der Waals surface area contributed by atoms with E-state index in [1.165, 1.54) is 5.56 Å². The number of rotatable bonds is 2. The summed E-state index contributed by atoms with van der Waals surface area (Å²) in [6.07, 6.45) is 0.344. The van der Waals surface area contributed by atoms with Crippen LogP contribution in [0, 0.1) is 18.3 Å². The van der Waals surface area contributed by atoms with E-state index in [1.54, 1.807) is 0 Å². The van der Waals surface area contributed by atoms with Crippen LogP contribution in [0.2, 0.25) is 0 Å². The van der Waals surface area contributed by atoms with Crippen LogP contribution in [0.5, 0.6) is 0 Å². The van der Waals surface area contributed by atoms with E-state index in [4.69, 9.17) is 11.0 Å². The van der Waals surface area contributed by atoms with Gasteiger partial charge < -0.3 is 5.73 Å². The van der Waals surface area contributed by atoms with Crippen LogP contribution < -0.4 is 5.73 Å². The van der Waals surface area contributed by atoms with Gasteiger partial charge in [0.15, 0.2) is 0 Å². The monoisotopic (exact) mass is 174 g/mol. The molecule has 0 aliphatic carbocycles. The first kappa shape index (κ1) is 9.76. The number of nitrogens with two attached hydrogens (primary N) is 1. The smallest absolute Gasteiger partial charge is 0.0644 e. The molecule has 2 heteroatoms. The van der Waals surface area contributed by atoms with Gasteiger partial charge in [-0.05, 0) is 19.4 Å². The molecule has 0 amide bonds. The second-order valence-corrected chi connectivity index (χ2v) is 3.62. The fourth-order valence-corrected chi connectivity index (χ4v) is 1.27. The lowest BCUT2D eigenvalue weighted by atomic mass is 9.89. The Morgan fingerprint density at radius 2 is 2.23 bits per heavy atom. The molecule has 0 unspecified atom stereocenters. The lowest BCUT2D eigenvalue weighted by Gasteiger charge is -2.22. The van der Waals surface area contributed by atoms with Crippen LogP contribution >= 0.6 is 0 Å². The molecular weight excluding hydrogens is 160 g/mol. The molecule has 2 nitrogen and oxygen atoms in total.